The SMILES string of the molecule is Cc1cc(/C(O)=C2\C(=O)C(=O)N(c3nc4cc(F)c(F)cc4s3)C2c2ccc(O)cc2)ccc1Br. The largest absolute Gasteiger partial charge is 0.508 e. The molecule has 1 fully saturated rings. The van der Waals surface area contributed by atoms with Gasteiger partial charge in [-0.3, -0.25) is 14.5 Å². The molecule has 1 amide bonds. The maximum absolute atomic E-state index is 13.8. The number of ketones is 1. The third kappa shape index (κ3) is 3.88. The van der Waals surface area contributed by atoms with E-state index in [0.717, 1.165) is 38.4 Å². The second kappa shape index (κ2) is 8.54. The van der Waals surface area contributed by atoms with Crippen molar-refractivity contribution in [3.8, 4) is 5.75 Å². The summed E-state index contributed by atoms with van der Waals surface area (Å²) in [5.41, 5.74) is 1.52. The Hall–Kier alpha value is -3.63. The quantitative estimate of drug-likeness (QED) is 0.184. The third-order valence-corrected chi connectivity index (χ3v) is 7.62. The summed E-state index contributed by atoms with van der Waals surface area (Å²) < 4.78 is 28.6. The molecule has 0 bridgehead atoms. The van der Waals surface area contributed by atoms with Gasteiger partial charge in [0.25, 0.3) is 5.78 Å². The Morgan fingerprint density at radius 1 is 1.06 bits per heavy atom. The van der Waals surface area contributed by atoms with E-state index in [1.807, 2.05) is 6.92 Å². The number of benzene rings is 3. The van der Waals surface area contributed by atoms with Crippen LogP contribution in [0.3, 0.4) is 0 Å². The lowest BCUT2D eigenvalue weighted by molar-refractivity contribution is -0.132. The number of hydrogen-bond donors (Lipinski definition) is 2. The summed E-state index contributed by atoms with van der Waals surface area (Å²) in [7, 11) is 0. The Morgan fingerprint density at radius 2 is 1.74 bits per heavy atom. The fraction of sp³-hybridized carbons (Fsp3) is 0.0800. The van der Waals surface area contributed by atoms with Crippen LogP contribution in [0.4, 0.5) is 13.9 Å². The molecule has 1 aliphatic heterocycles. The monoisotopic (exact) mass is 556 g/mol. The first-order chi connectivity index (χ1) is 16.7. The summed E-state index contributed by atoms with van der Waals surface area (Å²) in [6.07, 6.45) is 0. The van der Waals surface area contributed by atoms with Gasteiger partial charge < -0.3 is 10.2 Å². The molecule has 5 rings (SSSR count). The molecule has 0 spiro atoms. The van der Waals surface area contributed by atoms with Crippen LogP contribution in [0.15, 0.2) is 64.6 Å². The van der Waals surface area contributed by atoms with Crippen LogP contribution >= 0.6 is 27.3 Å². The van der Waals surface area contributed by atoms with Crippen LogP contribution in [0.25, 0.3) is 16.0 Å². The Bertz CT molecular complexity index is 1530. The highest BCUT2D eigenvalue weighted by atomic mass is 79.9. The lowest BCUT2D eigenvalue weighted by atomic mass is 9.95. The number of rotatable bonds is 3. The van der Waals surface area contributed by atoms with Crippen molar-refractivity contribution < 1.29 is 28.6 Å². The van der Waals surface area contributed by atoms with Crippen molar-refractivity contribution in [2.75, 3.05) is 4.90 Å². The van der Waals surface area contributed by atoms with Crippen molar-refractivity contribution >= 4 is 60.1 Å². The number of aryl methyl sites for hydroxylation is 1. The van der Waals surface area contributed by atoms with E-state index in [4.69, 9.17) is 0 Å². The average molecular weight is 557 g/mol. The van der Waals surface area contributed by atoms with Crippen LogP contribution in [0.5, 0.6) is 5.75 Å². The second-order valence-corrected chi connectivity index (χ2v) is 9.82. The van der Waals surface area contributed by atoms with E-state index in [9.17, 15) is 28.6 Å². The zero-order valence-corrected chi connectivity index (χ0v) is 20.3. The molecule has 1 aromatic heterocycles. The molecule has 0 radical (unpaired) electrons. The lowest BCUT2D eigenvalue weighted by Gasteiger charge is -2.23. The Morgan fingerprint density at radius 3 is 2.43 bits per heavy atom. The number of nitrogens with zero attached hydrogens (tertiary/aromatic N) is 2. The van der Waals surface area contributed by atoms with Crippen molar-refractivity contribution in [3.05, 3.63) is 93.0 Å². The van der Waals surface area contributed by atoms with Crippen molar-refractivity contribution in [1.29, 1.82) is 0 Å². The van der Waals surface area contributed by atoms with E-state index >= 15 is 0 Å². The van der Waals surface area contributed by atoms with Crippen molar-refractivity contribution in [1.82, 2.24) is 4.98 Å². The molecule has 4 aromatic rings. The first kappa shape index (κ1) is 23.1. The number of fused-ring (bicyclic) bond motifs is 1. The Balaban J connectivity index is 1.74. The number of aromatic hydroxyl groups is 1. The summed E-state index contributed by atoms with van der Waals surface area (Å²) in [6, 6.07) is 11.6. The highest BCUT2D eigenvalue weighted by Crippen LogP contribution is 2.44. The molecule has 1 unspecified atom stereocenters. The van der Waals surface area contributed by atoms with Crippen molar-refractivity contribution in [3.63, 3.8) is 0 Å². The molecule has 35 heavy (non-hydrogen) atoms. The average Bonchev–Trinajstić information content (AvgIpc) is 3.33. The van der Waals surface area contributed by atoms with Gasteiger partial charge in [0, 0.05) is 16.1 Å². The maximum atomic E-state index is 13.8. The van der Waals surface area contributed by atoms with Crippen molar-refractivity contribution in [2.45, 2.75) is 13.0 Å². The summed E-state index contributed by atoms with van der Waals surface area (Å²) in [5.74, 6) is -4.43. The number of hydrogen-bond acceptors (Lipinski definition) is 6. The molecule has 6 nitrogen and oxygen atoms in total. The van der Waals surface area contributed by atoms with Crippen LogP contribution in [-0.2, 0) is 9.59 Å². The highest BCUT2D eigenvalue weighted by molar-refractivity contribution is 9.10. The first-order valence-corrected chi connectivity index (χ1v) is 11.9. The van der Waals surface area contributed by atoms with E-state index < -0.39 is 29.4 Å². The number of thiazole rings is 1. The van der Waals surface area contributed by atoms with Crippen LogP contribution in [0, 0.1) is 18.6 Å². The predicted molar refractivity (Wildman–Crippen MR) is 131 cm³/mol. The summed E-state index contributed by atoms with van der Waals surface area (Å²) in [6.45, 7) is 1.82. The Kier molecular flexibility index (Phi) is 5.65. The topological polar surface area (TPSA) is 90.7 Å². The van der Waals surface area contributed by atoms with Gasteiger partial charge in [-0.15, -0.1) is 0 Å². The molecule has 1 aliphatic rings. The zero-order valence-electron chi connectivity index (χ0n) is 17.9. The van der Waals surface area contributed by atoms with Crippen LogP contribution in [-0.4, -0.2) is 26.9 Å². The third-order valence-electron chi connectivity index (χ3n) is 5.71. The van der Waals surface area contributed by atoms with E-state index in [2.05, 4.69) is 20.9 Å². The number of aromatic nitrogens is 1. The predicted octanol–water partition coefficient (Wildman–Crippen LogP) is 5.98. The number of aliphatic hydroxyl groups is 1. The molecular formula is C25H15BrF2N2O4S. The molecule has 1 atom stereocenters. The molecule has 0 saturated carbocycles. The van der Waals surface area contributed by atoms with E-state index in [1.165, 1.54) is 24.3 Å². The molecule has 10 heteroatoms. The van der Waals surface area contributed by atoms with Gasteiger partial charge in [0.05, 0.1) is 21.8 Å². The molecule has 3 aromatic carbocycles. The molecular weight excluding hydrogens is 542 g/mol. The number of aliphatic hydroxyl groups excluding tert-OH is 1. The van der Waals surface area contributed by atoms with Gasteiger partial charge >= 0.3 is 5.91 Å². The summed E-state index contributed by atoms with van der Waals surface area (Å²) in [5, 5.41) is 21.0. The first-order valence-electron chi connectivity index (χ1n) is 10.3. The number of phenols is 1. The zero-order chi connectivity index (χ0) is 25.0. The van der Waals surface area contributed by atoms with Crippen LogP contribution in [0.2, 0.25) is 0 Å². The standard InChI is InChI=1S/C25H15BrF2N2O4S/c1-11-8-13(4-7-15(11)26)22(32)20-21(12-2-5-14(31)6-3-12)30(24(34)23(20)33)25-29-18-9-16(27)17(28)10-19(18)35-25/h2-10,21,31-32H,1H3/b22-20+. The number of carbonyl (C=O) groups is 2. The fourth-order valence-corrected chi connectivity index (χ4v) is 5.21. The number of halogens is 3. The summed E-state index contributed by atoms with van der Waals surface area (Å²) >= 11 is 4.31. The molecule has 176 valence electrons. The minimum atomic E-state index is -1.09. The molecule has 1 saturated heterocycles. The van der Waals surface area contributed by atoms with E-state index in [-0.39, 0.29) is 32.4 Å². The van der Waals surface area contributed by atoms with Gasteiger partial charge in [-0.2, -0.15) is 0 Å². The number of amides is 1. The van der Waals surface area contributed by atoms with Crippen LogP contribution < -0.4 is 4.90 Å². The van der Waals surface area contributed by atoms with Gasteiger partial charge in [-0.25, -0.2) is 13.8 Å². The normalized spacial score (nSPS) is 17.5. The number of anilines is 1. The minimum absolute atomic E-state index is 0.0276. The fourth-order valence-electron chi connectivity index (χ4n) is 3.96. The number of phenolic OH excluding ortho intramolecular Hbond substituents is 1. The van der Waals surface area contributed by atoms with Gasteiger partial charge in [0.1, 0.15) is 11.5 Å². The minimum Gasteiger partial charge on any atom is -0.508 e. The van der Waals surface area contributed by atoms with E-state index in [0.29, 0.717) is 11.1 Å². The lowest BCUT2D eigenvalue weighted by Crippen LogP contribution is -2.29. The van der Waals surface area contributed by atoms with Gasteiger partial charge in [0.2, 0.25) is 0 Å². The Labute approximate surface area is 209 Å². The second-order valence-electron chi connectivity index (χ2n) is 7.96. The van der Waals surface area contributed by atoms with Gasteiger partial charge in [0.15, 0.2) is 16.8 Å². The van der Waals surface area contributed by atoms with Gasteiger partial charge in [-0.05, 0) is 48.4 Å². The van der Waals surface area contributed by atoms with Crippen LogP contribution in [0.1, 0.15) is 22.7 Å². The van der Waals surface area contributed by atoms with Crippen molar-refractivity contribution in [2.24, 2.45) is 0 Å². The highest BCUT2D eigenvalue weighted by Gasteiger charge is 2.48. The smallest absolute Gasteiger partial charge is 0.301 e. The maximum Gasteiger partial charge on any atom is 0.301 e. The summed E-state index contributed by atoms with van der Waals surface area (Å²) in [4.78, 5) is 31.8. The molecule has 2 N–H and O–H groups in total. The van der Waals surface area contributed by atoms with E-state index in [1.54, 1.807) is 18.2 Å². The molecule has 0 aliphatic carbocycles. The number of carbonyl (C=O) groups excluding carboxylic acids is 2. The van der Waals surface area contributed by atoms with Gasteiger partial charge in [-0.1, -0.05) is 45.5 Å². The number of Topliss-reactive ketones (excluding diaryl/α,β-unsaturated/α-hetero) is 1. The molecule has 2 heterocycles.